The molecule has 2 aliphatic carbocycles. The van der Waals surface area contributed by atoms with Crippen molar-refractivity contribution in [1.29, 1.82) is 0 Å². The zero-order valence-electron chi connectivity index (χ0n) is 21.9. The fourth-order valence-electron chi connectivity index (χ4n) is 4.29. The van der Waals surface area contributed by atoms with E-state index in [0.717, 1.165) is 30.0 Å². The molecular formula is C27H47NO4. The van der Waals surface area contributed by atoms with E-state index in [0.29, 0.717) is 17.9 Å². The summed E-state index contributed by atoms with van der Waals surface area (Å²) < 4.78 is 10.3. The maximum Gasteiger partial charge on any atom is 0.197 e. The molecular weight excluding hydrogens is 402 g/mol. The fourth-order valence-corrected chi connectivity index (χ4v) is 4.29. The number of aromatic hydroxyl groups is 1. The second-order valence-corrected chi connectivity index (χ2v) is 7.54. The number of rotatable bonds is 6. The summed E-state index contributed by atoms with van der Waals surface area (Å²) >= 11 is 0. The molecule has 0 heterocycles. The van der Waals surface area contributed by atoms with Crippen LogP contribution < -0.4 is 10.1 Å². The molecule has 3 rings (SSSR count). The number of fused-ring (bicyclic) bond motifs is 3. The molecule has 0 aromatic heterocycles. The number of benzene rings is 1. The monoisotopic (exact) mass is 449 g/mol. The molecule has 0 saturated heterocycles. The molecule has 0 saturated carbocycles. The van der Waals surface area contributed by atoms with Crippen LogP contribution in [0.5, 0.6) is 11.5 Å². The molecule has 0 amide bonds. The summed E-state index contributed by atoms with van der Waals surface area (Å²) in [5, 5.41) is 13.6. The normalized spacial score (nSPS) is 19.2. The number of aryl methyl sites for hydroxylation is 1. The van der Waals surface area contributed by atoms with Gasteiger partial charge in [-0.3, -0.25) is 4.79 Å². The summed E-state index contributed by atoms with van der Waals surface area (Å²) in [5.41, 5.74) is 1.99. The van der Waals surface area contributed by atoms with E-state index < -0.39 is 0 Å². The summed E-state index contributed by atoms with van der Waals surface area (Å²) in [7, 11) is 5.10. The summed E-state index contributed by atoms with van der Waals surface area (Å²) in [6.07, 6.45) is 8.03. The maximum atomic E-state index is 12.0. The molecule has 32 heavy (non-hydrogen) atoms. The van der Waals surface area contributed by atoms with Crippen molar-refractivity contribution in [1.82, 2.24) is 5.32 Å². The van der Waals surface area contributed by atoms with Crippen molar-refractivity contribution in [3.05, 3.63) is 35.1 Å². The van der Waals surface area contributed by atoms with Crippen molar-refractivity contribution in [3.63, 3.8) is 0 Å². The van der Waals surface area contributed by atoms with Crippen LogP contribution in [0.2, 0.25) is 0 Å². The van der Waals surface area contributed by atoms with E-state index in [1.165, 1.54) is 33.5 Å². The van der Waals surface area contributed by atoms with Gasteiger partial charge in [0.25, 0.3) is 0 Å². The van der Waals surface area contributed by atoms with Crippen LogP contribution in [-0.4, -0.2) is 38.2 Å². The zero-order chi connectivity index (χ0) is 24.7. The predicted molar refractivity (Wildman–Crippen MR) is 135 cm³/mol. The minimum absolute atomic E-state index is 0.00354. The number of ether oxygens (including phenoxy) is 2. The number of allylic oxidation sites excluding steroid dienone is 2. The SMILES string of the molecule is CC.CC.CCCC(CC)NC.COC1=CC2CCc3ccc(OC)c(O)c3C2CC1=O. The molecule has 0 radical (unpaired) electrons. The number of phenolic OH excluding ortho intramolecular Hbond substituents is 1. The lowest BCUT2D eigenvalue weighted by atomic mass is 9.70. The molecule has 0 aliphatic heterocycles. The Morgan fingerprint density at radius 1 is 1.12 bits per heavy atom. The van der Waals surface area contributed by atoms with E-state index in [9.17, 15) is 9.90 Å². The third-order valence-corrected chi connectivity index (χ3v) is 5.93. The molecule has 5 heteroatoms. The lowest BCUT2D eigenvalue weighted by Crippen LogP contribution is -2.27. The molecule has 3 atom stereocenters. The molecule has 5 nitrogen and oxygen atoms in total. The summed E-state index contributed by atoms with van der Waals surface area (Å²) in [5.74, 6) is 1.38. The van der Waals surface area contributed by atoms with Crippen molar-refractivity contribution >= 4 is 5.78 Å². The largest absolute Gasteiger partial charge is 0.504 e. The Morgan fingerprint density at radius 3 is 2.25 bits per heavy atom. The van der Waals surface area contributed by atoms with Crippen LogP contribution in [0, 0.1) is 5.92 Å². The lowest BCUT2D eigenvalue weighted by Gasteiger charge is -2.35. The number of nitrogens with one attached hydrogen (secondary N) is 1. The van der Waals surface area contributed by atoms with Gasteiger partial charge in [0.05, 0.1) is 14.2 Å². The van der Waals surface area contributed by atoms with Crippen LogP contribution >= 0.6 is 0 Å². The average molecular weight is 450 g/mol. The second kappa shape index (κ2) is 16.6. The molecule has 2 N–H and O–H groups in total. The van der Waals surface area contributed by atoms with Gasteiger partial charge in [0, 0.05) is 23.9 Å². The number of ketones is 1. The van der Waals surface area contributed by atoms with Gasteiger partial charge in [0.1, 0.15) is 0 Å². The van der Waals surface area contributed by atoms with Crippen molar-refractivity contribution in [2.75, 3.05) is 21.3 Å². The van der Waals surface area contributed by atoms with E-state index in [4.69, 9.17) is 9.47 Å². The topological polar surface area (TPSA) is 67.8 Å². The Kier molecular flexibility index (Phi) is 15.6. The van der Waals surface area contributed by atoms with Gasteiger partial charge < -0.3 is 19.9 Å². The third-order valence-electron chi connectivity index (χ3n) is 5.93. The summed E-state index contributed by atoms with van der Waals surface area (Å²) in [6.45, 7) is 12.4. The van der Waals surface area contributed by atoms with E-state index >= 15 is 0 Å². The molecule has 184 valence electrons. The first-order valence-electron chi connectivity index (χ1n) is 12.4. The maximum absolute atomic E-state index is 12.0. The van der Waals surface area contributed by atoms with Gasteiger partial charge in [-0.25, -0.2) is 0 Å². The van der Waals surface area contributed by atoms with Crippen molar-refractivity contribution < 1.29 is 19.4 Å². The highest BCUT2D eigenvalue weighted by Crippen LogP contribution is 2.49. The van der Waals surface area contributed by atoms with Gasteiger partial charge in [-0.1, -0.05) is 54.0 Å². The quantitative estimate of drug-likeness (QED) is 0.527. The minimum Gasteiger partial charge on any atom is -0.504 e. The summed E-state index contributed by atoms with van der Waals surface area (Å²) in [6, 6.07) is 4.53. The standard InChI is InChI=1S/C16H18O4.C7H17N.2C2H6/c1-19-13-6-5-9-3-4-10-7-14(20-2)12(17)8-11(10)15(9)16(13)18;1-4-6-7(5-2)8-3;2*1-2/h5-7,10-11,18H,3-4,8H2,1-2H3;7-8H,4-6H2,1-3H3;2*1-2H3. The van der Waals surface area contributed by atoms with Crippen molar-refractivity contribution in [3.8, 4) is 11.5 Å². The molecule has 3 unspecified atom stereocenters. The number of hydrogen-bond acceptors (Lipinski definition) is 5. The lowest BCUT2D eigenvalue weighted by molar-refractivity contribution is -0.119. The molecule has 0 spiro atoms. The van der Waals surface area contributed by atoms with Gasteiger partial charge in [-0.05, 0) is 56.4 Å². The van der Waals surface area contributed by atoms with Crippen LogP contribution in [0.3, 0.4) is 0 Å². The minimum atomic E-state index is 0.00354. The van der Waals surface area contributed by atoms with Gasteiger partial charge in [-0.15, -0.1) is 0 Å². The van der Waals surface area contributed by atoms with Crippen LogP contribution in [0.1, 0.15) is 90.7 Å². The highest BCUT2D eigenvalue weighted by Gasteiger charge is 2.37. The molecule has 2 aliphatic rings. The number of methoxy groups -OCH3 is 2. The first kappa shape index (κ1) is 30.0. The molecule has 1 aromatic rings. The Labute approximate surface area is 196 Å². The molecule has 0 fully saturated rings. The Balaban J connectivity index is 0.000000679. The van der Waals surface area contributed by atoms with Gasteiger partial charge >= 0.3 is 0 Å². The van der Waals surface area contributed by atoms with E-state index in [-0.39, 0.29) is 23.4 Å². The van der Waals surface area contributed by atoms with Crippen LogP contribution in [0.15, 0.2) is 24.0 Å². The number of carbonyl (C=O) groups is 1. The van der Waals surface area contributed by atoms with Crippen LogP contribution in [0.25, 0.3) is 0 Å². The fraction of sp³-hybridized carbons (Fsp3) is 0.667. The van der Waals surface area contributed by atoms with Gasteiger partial charge in [-0.2, -0.15) is 0 Å². The Morgan fingerprint density at radius 2 is 1.78 bits per heavy atom. The summed E-state index contributed by atoms with van der Waals surface area (Å²) in [4.78, 5) is 12.0. The molecule has 1 aromatic carbocycles. The second-order valence-electron chi connectivity index (χ2n) is 7.54. The first-order chi connectivity index (χ1) is 15.5. The number of carbonyl (C=O) groups excluding carboxylic acids is 1. The van der Waals surface area contributed by atoms with Crippen molar-refractivity contribution in [2.24, 2.45) is 5.92 Å². The Bertz CT molecular complexity index is 695. The van der Waals surface area contributed by atoms with Crippen molar-refractivity contribution in [2.45, 2.75) is 92.0 Å². The third kappa shape index (κ3) is 7.84. The zero-order valence-corrected chi connectivity index (χ0v) is 21.9. The van der Waals surface area contributed by atoms with E-state index in [2.05, 4.69) is 19.2 Å². The van der Waals surface area contributed by atoms with Gasteiger partial charge in [0.15, 0.2) is 23.0 Å². The van der Waals surface area contributed by atoms with Gasteiger partial charge in [0.2, 0.25) is 0 Å². The number of phenols is 1. The van der Waals surface area contributed by atoms with Crippen LogP contribution in [-0.2, 0) is 16.0 Å². The molecule has 0 bridgehead atoms. The smallest absolute Gasteiger partial charge is 0.197 e. The van der Waals surface area contributed by atoms with E-state index in [1.807, 2.05) is 46.9 Å². The number of hydrogen-bond donors (Lipinski definition) is 2. The Hall–Kier alpha value is -2.01. The average Bonchev–Trinajstić information content (AvgIpc) is 2.85. The highest BCUT2D eigenvalue weighted by atomic mass is 16.5. The van der Waals surface area contributed by atoms with E-state index in [1.54, 1.807) is 6.07 Å². The number of Topliss-reactive ketones (excluding diaryl/α,β-unsaturated/α-hetero) is 1. The first-order valence-corrected chi connectivity index (χ1v) is 12.4. The predicted octanol–water partition coefficient (Wildman–Crippen LogP) is 6.39. The van der Waals surface area contributed by atoms with Crippen LogP contribution in [0.4, 0.5) is 0 Å². The highest BCUT2D eigenvalue weighted by molar-refractivity contribution is 5.95.